The van der Waals surface area contributed by atoms with E-state index >= 15 is 0 Å². The Morgan fingerprint density at radius 1 is 0.870 bits per heavy atom. The summed E-state index contributed by atoms with van der Waals surface area (Å²) in [4.78, 5) is 0. The van der Waals surface area contributed by atoms with Crippen LogP contribution in [0.2, 0.25) is 0 Å². The topological polar surface area (TPSA) is 0 Å². The molecule has 0 spiro atoms. The highest BCUT2D eigenvalue weighted by atomic mass is 32.2. The molecule has 0 aromatic heterocycles. The summed E-state index contributed by atoms with van der Waals surface area (Å²) in [5.74, 6) is 0. The Morgan fingerprint density at radius 3 is 1.87 bits per heavy atom. The van der Waals surface area contributed by atoms with Gasteiger partial charge in [0, 0.05) is 15.7 Å². The van der Waals surface area contributed by atoms with Crippen molar-refractivity contribution in [3.63, 3.8) is 0 Å². The van der Waals surface area contributed by atoms with Crippen LogP contribution in [0, 0.1) is 0 Å². The van der Waals surface area contributed by atoms with Crippen molar-refractivity contribution in [2.24, 2.45) is 0 Å². The highest BCUT2D eigenvalue weighted by Crippen LogP contribution is 2.50. The molecule has 2 heteroatoms. The Bertz CT molecular complexity index is 603. The maximum absolute atomic E-state index is 2.45. The number of benzene rings is 2. The van der Waals surface area contributed by atoms with Crippen LogP contribution in [0.4, 0.5) is 0 Å². The lowest BCUT2D eigenvalue weighted by molar-refractivity contribution is 0.792. The first-order chi connectivity index (χ1) is 11.0. The van der Waals surface area contributed by atoms with Crippen LogP contribution in [-0.4, -0.2) is 15.7 Å². The van der Waals surface area contributed by atoms with E-state index in [1.165, 1.54) is 17.0 Å². The van der Waals surface area contributed by atoms with Gasteiger partial charge in [0.2, 0.25) is 0 Å². The normalized spacial score (nSPS) is 21.0. The Kier molecular flexibility index (Phi) is 5.29. The average molecular weight is 340 g/mol. The molecule has 1 aliphatic carbocycles. The third-order valence-corrected chi connectivity index (χ3v) is 8.54. The van der Waals surface area contributed by atoms with Gasteiger partial charge < -0.3 is 0 Å². The van der Waals surface area contributed by atoms with E-state index in [2.05, 4.69) is 105 Å². The Morgan fingerprint density at radius 2 is 1.39 bits per heavy atom. The van der Waals surface area contributed by atoms with E-state index in [0.717, 1.165) is 0 Å². The van der Waals surface area contributed by atoms with Crippen LogP contribution >= 0.6 is 19.7 Å². The molecule has 2 atom stereocenters. The summed E-state index contributed by atoms with van der Waals surface area (Å²) in [6, 6.07) is 22.2. The average Bonchev–Trinajstić information content (AvgIpc) is 2.96. The second-order valence-electron chi connectivity index (χ2n) is 6.97. The highest BCUT2D eigenvalue weighted by Gasteiger charge is 2.34. The number of hydrogen-bond donors (Lipinski definition) is 0. The second-order valence-corrected chi connectivity index (χ2v) is 11.4. The van der Waals surface area contributed by atoms with Crippen molar-refractivity contribution in [3.05, 3.63) is 72.8 Å². The molecule has 0 heterocycles. The fourth-order valence-corrected chi connectivity index (χ4v) is 7.70. The van der Waals surface area contributed by atoms with Gasteiger partial charge in [0.25, 0.3) is 0 Å². The summed E-state index contributed by atoms with van der Waals surface area (Å²) < 4.78 is 0.298. The van der Waals surface area contributed by atoms with Crippen LogP contribution in [0.15, 0.2) is 72.8 Å². The minimum absolute atomic E-state index is 0.298. The van der Waals surface area contributed by atoms with Crippen molar-refractivity contribution in [1.82, 2.24) is 0 Å². The SMILES string of the molecule is CC(C)(C)SC1C=CCC1P(c1ccccc1)c1ccccc1. The fraction of sp³-hybridized carbons (Fsp3) is 0.333. The van der Waals surface area contributed by atoms with Crippen LogP contribution < -0.4 is 10.6 Å². The molecule has 0 saturated carbocycles. The molecule has 2 aromatic rings. The predicted molar refractivity (Wildman–Crippen MR) is 108 cm³/mol. The van der Waals surface area contributed by atoms with Crippen LogP contribution in [0.1, 0.15) is 27.2 Å². The number of thioether (sulfide) groups is 1. The van der Waals surface area contributed by atoms with Gasteiger partial charge in [-0.05, 0) is 25.0 Å². The Balaban J connectivity index is 1.96. The van der Waals surface area contributed by atoms with Gasteiger partial charge in [-0.1, -0.05) is 93.6 Å². The molecule has 0 saturated heterocycles. The summed E-state index contributed by atoms with van der Waals surface area (Å²) in [5.41, 5.74) is 0.694. The van der Waals surface area contributed by atoms with Crippen molar-refractivity contribution in [1.29, 1.82) is 0 Å². The molecule has 0 nitrogen and oxygen atoms in total. The smallest absolute Gasteiger partial charge is 0.0308 e. The highest BCUT2D eigenvalue weighted by molar-refractivity contribution is 8.01. The fourth-order valence-electron chi connectivity index (χ4n) is 3.10. The largest absolute Gasteiger partial charge is 0.148 e. The minimum atomic E-state index is -0.328. The van der Waals surface area contributed by atoms with Crippen molar-refractivity contribution < 1.29 is 0 Å². The molecule has 2 unspecified atom stereocenters. The quantitative estimate of drug-likeness (QED) is 0.534. The molecule has 0 fully saturated rings. The summed E-state index contributed by atoms with van der Waals surface area (Å²) >= 11 is 2.12. The van der Waals surface area contributed by atoms with E-state index in [1.807, 2.05) is 0 Å². The van der Waals surface area contributed by atoms with Crippen LogP contribution in [-0.2, 0) is 0 Å². The number of hydrogen-bond acceptors (Lipinski definition) is 1. The van der Waals surface area contributed by atoms with Crippen molar-refractivity contribution in [2.45, 2.75) is 42.8 Å². The molecule has 2 aromatic carbocycles. The Hall–Kier alpha value is -1.04. The first-order valence-electron chi connectivity index (χ1n) is 8.28. The molecule has 3 rings (SSSR count). The van der Waals surface area contributed by atoms with Gasteiger partial charge in [-0.2, -0.15) is 0 Å². The standard InChI is InChI=1S/C21H25PS/c1-21(2,3)23-20-16-10-15-19(20)22(17-11-6-4-7-12-17)18-13-8-5-9-14-18/h4-14,16,19-20H,15H2,1-3H3. The summed E-state index contributed by atoms with van der Waals surface area (Å²) in [7, 11) is -0.328. The molecule has 1 aliphatic rings. The van der Waals surface area contributed by atoms with Gasteiger partial charge in [0.1, 0.15) is 0 Å². The molecule has 0 bridgehead atoms. The third kappa shape index (κ3) is 4.28. The minimum Gasteiger partial charge on any atom is -0.148 e. The molecule has 0 amide bonds. The summed E-state index contributed by atoms with van der Waals surface area (Å²) in [6.07, 6.45) is 6.04. The second kappa shape index (κ2) is 7.24. The lowest BCUT2D eigenvalue weighted by Gasteiger charge is -2.33. The van der Waals surface area contributed by atoms with E-state index < -0.39 is 0 Å². The van der Waals surface area contributed by atoms with Gasteiger partial charge in [0.05, 0.1) is 0 Å². The lowest BCUT2D eigenvalue weighted by atomic mass is 10.3. The van der Waals surface area contributed by atoms with Crippen LogP contribution in [0.3, 0.4) is 0 Å². The third-order valence-electron chi connectivity index (χ3n) is 3.97. The lowest BCUT2D eigenvalue weighted by Crippen LogP contribution is -2.28. The van der Waals surface area contributed by atoms with Gasteiger partial charge in [-0.25, -0.2) is 0 Å². The summed E-state index contributed by atoms with van der Waals surface area (Å²) in [6.45, 7) is 6.98. The van der Waals surface area contributed by atoms with Crippen LogP contribution in [0.5, 0.6) is 0 Å². The van der Waals surface area contributed by atoms with Crippen molar-refractivity contribution in [3.8, 4) is 0 Å². The van der Waals surface area contributed by atoms with E-state index in [9.17, 15) is 0 Å². The Labute approximate surface area is 146 Å². The van der Waals surface area contributed by atoms with E-state index in [-0.39, 0.29) is 7.92 Å². The first-order valence-corrected chi connectivity index (χ1v) is 10.6. The zero-order valence-corrected chi connectivity index (χ0v) is 15.9. The predicted octanol–water partition coefficient (Wildman–Crippen LogP) is 5.35. The molecule has 0 radical (unpaired) electrons. The molecular weight excluding hydrogens is 315 g/mol. The number of rotatable bonds is 4. The molecule has 23 heavy (non-hydrogen) atoms. The molecule has 0 aliphatic heterocycles. The zero-order valence-electron chi connectivity index (χ0n) is 14.1. The van der Waals surface area contributed by atoms with E-state index in [4.69, 9.17) is 0 Å². The number of allylic oxidation sites excluding steroid dienone is 1. The summed E-state index contributed by atoms with van der Waals surface area (Å²) in [5, 5.41) is 3.62. The van der Waals surface area contributed by atoms with Gasteiger partial charge in [-0.3, -0.25) is 0 Å². The van der Waals surface area contributed by atoms with Gasteiger partial charge in [0.15, 0.2) is 0 Å². The van der Waals surface area contributed by atoms with Crippen LogP contribution in [0.25, 0.3) is 0 Å². The van der Waals surface area contributed by atoms with Gasteiger partial charge in [-0.15, -0.1) is 11.8 Å². The maximum atomic E-state index is 2.45. The maximum Gasteiger partial charge on any atom is 0.0308 e. The molecule has 0 N–H and O–H groups in total. The van der Waals surface area contributed by atoms with Crippen molar-refractivity contribution in [2.75, 3.05) is 0 Å². The molecular formula is C21H25PS. The first kappa shape index (κ1) is 16.8. The van der Waals surface area contributed by atoms with E-state index in [0.29, 0.717) is 15.7 Å². The monoisotopic (exact) mass is 340 g/mol. The zero-order chi connectivity index (χ0) is 16.3. The van der Waals surface area contributed by atoms with Gasteiger partial charge >= 0.3 is 0 Å². The molecule has 120 valence electrons. The van der Waals surface area contributed by atoms with E-state index in [1.54, 1.807) is 0 Å². The van der Waals surface area contributed by atoms with Crippen molar-refractivity contribution >= 4 is 30.3 Å².